The Morgan fingerprint density at radius 2 is 1.58 bits per heavy atom. The average Bonchev–Trinajstić information content (AvgIpc) is 2.98. The molecule has 0 aliphatic carbocycles. The Hall–Kier alpha value is -3.28. The topological polar surface area (TPSA) is 86.8 Å². The van der Waals surface area contributed by atoms with Crippen LogP contribution >= 0.6 is 23.2 Å². The first-order valence-corrected chi connectivity index (χ1v) is 17.0. The molecule has 0 unspecified atom stereocenters. The number of amides is 2. The second-order valence-corrected chi connectivity index (χ2v) is 13.3. The van der Waals surface area contributed by atoms with Gasteiger partial charge in [-0.25, -0.2) is 8.42 Å². The van der Waals surface area contributed by atoms with Crippen molar-refractivity contribution in [3.8, 4) is 0 Å². The molecule has 0 fully saturated rings. The zero-order valence-electron chi connectivity index (χ0n) is 25.0. The number of rotatable bonds is 15. The molecule has 13 heteroatoms. The highest BCUT2D eigenvalue weighted by Crippen LogP contribution is 2.32. The maximum atomic E-state index is 13.9. The van der Waals surface area contributed by atoms with Crippen molar-refractivity contribution >= 4 is 50.7 Å². The minimum atomic E-state index is -4.67. The normalized spacial score (nSPS) is 12.4. The van der Waals surface area contributed by atoms with Gasteiger partial charge in [-0.3, -0.25) is 13.9 Å². The molecule has 45 heavy (non-hydrogen) atoms. The number of alkyl halides is 3. The van der Waals surface area contributed by atoms with E-state index in [4.69, 9.17) is 23.2 Å². The maximum absolute atomic E-state index is 13.9. The number of halogens is 5. The molecule has 0 saturated carbocycles. The third-order valence-electron chi connectivity index (χ3n) is 7.10. The molecule has 3 rings (SSSR count). The molecule has 0 radical (unpaired) electrons. The molecule has 1 atom stereocenters. The Kier molecular flexibility index (Phi) is 13.1. The first-order chi connectivity index (χ1) is 21.2. The van der Waals surface area contributed by atoms with E-state index < -0.39 is 33.7 Å². The third-order valence-corrected chi connectivity index (χ3v) is 9.01. The van der Waals surface area contributed by atoms with Gasteiger partial charge in [-0.1, -0.05) is 79.0 Å². The summed E-state index contributed by atoms with van der Waals surface area (Å²) in [6.45, 7) is 2.04. The van der Waals surface area contributed by atoms with Crippen LogP contribution in [0.3, 0.4) is 0 Å². The van der Waals surface area contributed by atoms with Crippen molar-refractivity contribution in [3.05, 3.63) is 99.5 Å². The van der Waals surface area contributed by atoms with E-state index in [1.807, 2.05) is 37.3 Å². The van der Waals surface area contributed by atoms with E-state index in [1.54, 1.807) is 18.2 Å². The summed E-state index contributed by atoms with van der Waals surface area (Å²) in [5.74, 6) is -0.847. The Bertz CT molecular complexity index is 1540. The first kappa shape index (κ1) is 36.2. The zero-order valence-corrected chi connectivity index (χ0v) is 27.3. The van der Waals surface area contributed by atoms with E-state index in [2.05, 4.69) is 5.32 Å². The Balaban J connectivity index is 1.93. The SMILES string of the molecule is CCCCNC(=O)[C@@H](Cc1ccccc1)N(Cc1c(Cl)cccc1Cl)C(=O)CCCN(c1cccc(C(F)(F)F)c1)S(C)(=O)=O. The highest BCUT2D eigenvalue weighted by atomic mass is 35.5. The molecule has 0 bridgehead atoms. The van der Waals surface area contributed by atoms with E-state index in [1.165, 1.54) is 11.0 Å². The Morgan fingerprint density at radius 3 is 2.18 bits per heavy atom. The van der Waals surface area contributed by atoms with Crippen LogP contribution in [0.15, 0.2) is 72.8 Å². The second-order valence-electron chi connectivity index (χ2n) is 10.6. The van der Waals surface area contributed by atoms with E-state index in [-0.39, 0.29) is 43.9 Å². The largest absolute Gasteiger partial charge is 0.416 e. The van der Waals surface area contributed by atoms with Gasteiger partial charge in [0.25, 0.3) is 0 Å². The highest BCUT2D eigenvalue weighted by molar-refractivity contribution is 7.92. The number of nitrogens with one attached hydrogen (secondary N) is 1. The van der Waals surface area contributed by atoms with Crippen molar-refractivity contribution in [2.45, 2.75) is 57.8 Å². The zero-order chi connectivity index (χ0) is 33.2. The van der Waals surface area contributed by atoms with Crippen molar-refractivity contribution in [1.82, 2.24) is 10.2 Å². The van der Waals surface area contributed by atoms with Gasteiger partial charge in [0.15, 0.2) is 0 Å². The summed E-state index contributed by atoms with van der Waals surface area (Å²) >= 11 is 12.9. The summed E-state index contributed by atoms with van der Waals surface area (Å²) in [7, 11) is -4.00. The lowest BCUT2D eigenvalue weighted by Gasteiger charge is -2.32. The Morgan fingerprint density at radius 1 is 0.933 bits per heavy atom. The summed E-state index contributed by atoms with van der Waals surface area (Å²) in [5.41, 5.74) is 0.0846. The molecule has 0 aromatic heterocycles. The van der Waals surface area contributed by atoms with Crippen LogP contribution in [-0.2, 0) is 38.8 Å². The number of hydrogen-bond acceptors (Lipinski definition) is 4. The third kappa shape index (κ3) is 10.6. The van der Waals surface area contributed by atoms with Crippen LogP contribution in [0, 0.1) is 0 Å². The van der Waals surface area contributed by atoms with Crippen LogP contribution in [0.25, 0.3) is 0 Å². The van der Waals surface area contributed by atoms with E-state index >= 15 is 0 Å². The Labute approximate surface area is 272 Å². The van der Waals surface area contributed by atoms with Gasteiger partial charge in [0, 0.05) is 48.1 Å². The molecule has 0 aliphatic rings. The minimum Gasteiger partial charge on any atom is -0.354 e. The van der Waals surface area contributed by atoms with Crippen molar-refractivity contribution in [2.75, 3.05) is 23.7 Å². The number of nitrogens with zero attached hydrogens (tertiary/aromatic N) is 2. The molecule has 1 N–H and O–H groups in total. The number of carbonyl (C=O) groups excluding carboxylic acids is 2. The average molecular weight is 687 g/mol. The predicted octanol–water partition coefficient (Wildman–Crippen LogP) is 7.11. The molecule has 0 aliphatic heterocycles. The predicted molar refractivity (Wildman–Crippen MR) is 172 cm³/mol. The maximum Gasteiger partial charge on any atom is 0.416 e. The summed E-state index contributed by atoms with van der Waals surface area (Å²) in [6, 6.07) is 17.1. The van der Waals surface area contributed by atoms with Crippen LogP contribution < -0.4 is 9.62 Å². The lowest BCUT2D eigenvalue weighted by Crippen LogP contribution is -2.50. The summed E-state index contributed by atoms with van der Waals surface area (Å²) < 4.78 is 66.1. The van der Waals surface area contributed by atoms with Gasteiger partial charge in [0.2, 0.25) is 21.8 Å². The number of hydrogen-bond donors (Lipinski definition) is 1. The number of benzene rings is 3. The van der Waals surface area contributed by atoms with Crippen LogP contribution in [0.4, 0.5) is 18.9 Å². The molecular weight excluding hydrogens is 650 g/mol. The lowest BCUT2D eigenvalue weighted by atomic mass is 10.0. The number of anilines is 1. The highest BCUT2D eigenvalue weighted by Gasteiger charge is 2.33. The fraction of sp³-hybridized carbons (Fsp3) is 0.375. The van der Waals surface area contributed by atoms with Gasteiger partial charge < -0.3 is 10.2 Å². The summed E-state index contributed by atoms with van der Waals surface area (Å²) in [6.07, 6.45) is -2.25. The molecule has 2 amide bonds. The van der Waals surface area contributed by atoms with Crippen LogP contribution in [0.1, 0.15) is 49.3 Å². The van der Waals surface area contributed by atoms with E-state index in [0.29, 0.717) is 22.2 Å². The summed E-state index contributed by atoms with van der Waals surface area (Å²) in [5, 5.41) is 3.52. The molecule has 0 spiro atoms. The molecular formula is C32H36Cl2F3N3O4S. The van der Waals surface area contributed by atoms with Gasteiger partial charge >= 0.3 is 6.18 Å². The monoisotopic (exact) mass is 685 g/mol. The smallest absolute Gasteiger partial charge is 0.354 e. The van der Waals surface area contributed by atoms with Crippen molar-refractivity contribution in [1.29, 1.82) is 0 Å². The van der Waals surface area contributed by atoms with Gasteiger partial charge in [-0.15, -0.1) is 0 Å². The molecule has 3 aromatic carbocycles. The fourth-order valence-electron chi connectivity index (χ4n) is 4.76. The van der Waals surface area contributed by atoms with Gasteiger partial charge in [0.1, 0.15) is 6.04 Å². The van der Waals surface area contributed by atoms with Gasteiger partial charge in [-0.05, 0) is 48.7 Å². The molecule has 244 valence electrons. The van der Waals surface area contributed by atoms with Crippen molar-refractivity contribution in [3.63, 3.8) is 0 Å². The van der Waals surface area contributed by atoms with Crippen LogP contribution in [0.5, 0.6) is 0 Å². The quantitative estimate of drug-likeness (QED) is 0.173. The van der Waals surface area contributed by atoms with Crippen LogP contribution in [0.2, 0.25) is 10.0 Å². The van der Waals surface area contributed by atoms with E-state index in [0.717, 1.165) is 47.2 Å². The number of carbonyl (C=O) groups is 2. The summed E-state index contributed by atoms with van der Waals surface area (Å²) in [4.78, 5) is 28.9. The molecule has 0 saturated heterocycles. The van der Waals surface area contributed by atoms with Gasteiger partial charge in [-0.2, -0.15) is 13.2 Å². The van der Waals surface area contributed by atoms with Crippen LogP contribution in [-0.4, -0.2) is 50.5 Å². The lowest BCUT2D eigenvalue weighted by molar-refractivity contribution is -0.141. The van der Waals surface area contributed by atoms with Crippen molar-refractivity contribution < 1.29 is 31.2 Å². The first-order valence-electron chi connectivity index (χ1n) is 14.4. The molecule has 7 nitrogen and oxygen atoms in total. The van der Waals surface area contributed by atoms with E-state index in [9.17, 15) is 31.2 Å². The second kappa shape index (κ2) is 16.3. The molecule has 0 heterocycles. The fourth-order valence-corrected chi connectivity index (χ4v) is 6.23. The number of unbranched alkanes of at least 4 members (excludes halogenated alkanes) is 1. The minimum absolute atomic E-state index is 0.0373. The molecule has 3 aromatic rings. The van der Waals surface area contributed by atoms with Gasteiger partial charge in [0.05, 0.1) is 17.5 Å². The standard InChI is InChI=1S/C32H36Cl2F3N3O4S/c1-3-4-18-38-31(42)29(20-23-11-6-5-7-12-23)39(22-26-27(33)15-9-16-28(26)34)30(41)17-10-19-40(45(2,43)44)25-14-8-13-24(21-25)32(35,36)37/h5-9,11-16,21,29H,3-4,10,17-20,22H2,1-2H3,(H,38,42)/t29-/m1/s1. The number of sulfonamides is 1. The van der Waals surface area contributed by atoms with Crippen molar-refractivity contribution in [2.24, 2.45) is 0 Å².